The second kappa shape index (κ2) is 5.56. The van der Waals surface area contributed by atoms with Crippen LogP contribution in [-0.4, -0.2) is 41.2 Å². The van der Waals surface area contributed by atoms with Gasteiger partial charge in [-0.3, -0.25) is 5.10 Å². The predicted octanol–water partition coefficient (Wildman–Crippen LogP) is 1.55. The van der Waals surface area contributed by atoms with Crippen molar-refractivity contribution in [3.05, 3.63) is 10.6 Å². The lowest BCUT2D eigenvalue weighted by Crippen LogP contribution is -2.27. The minimum absolute atomic E-state index is 0.244. The maximum absolute atomic E-state index is 5.38. The molecule has 0 bridgehead atoms. The lowest BCUT2D eigenvalue weighted by molar-refractivity contribution is 0.0206. The van der Waals surface area contributed by atoms with E-state index in [0.717, 1.165) is 5.82 Å². The van der Waals surface area contributed by atoms with E-state index in [4.69, 9.17) is 21.7 Å². The summed E-state index contributed by atoms with van der Waals surface area (Å²) in [5.41, 5.74) is -0.244. The molecule has 1 aromatic heterocycles. The lowest BCUT2D eigenvalue weighted by Gasteiger charge is -2.22. The summed E-state index contributed by atoms with van der Waals surface area (Å²) in [6, 6.07) is 0. The molecule has 0 saturated carbocycles. The Labute approximate surface area is 101 Å². The Kier molecular flexibility index (Phi) is 4.64. The highest BCUT2D eigenvalue weighted by atomic mass is 32.1. The number of rotatable bonds is 6. The van der Waals surface area contributed by atoms with Gasteiger partial charge >= 0.3 is 0 Å². The topological polar surface area (TPSA) is 52.1 Å². The van der Waals surface area contributed by atoms with Gasteiger partial charge in [-0.1, -0.05) is 0 Å². The van der Waals surface area contributed by atoms with Crippen LogP contribution in [0.2, 0.25) is 0 Å². The van der Waals surface area contributed by atoms with Gasteiger partial charge in [-0.2, -0.15) is 5.10 Å². The van der Waals surface area contributed by atoms with Gasteiger partial charge in [0.15, 0.2) is 4.77 Å². The standard InChI is InChI=1S/C10H19N3O2S/c1-10(2,15-4)7-8-11-12-9(16)13(8)5-6-14-3/h5-7H2,1-4H3,(H,12,16). The molecule has 1 aromatic rings. The van der Waals surface area contributed by atoms with Crippen molar-refractivity contribution in [2.24, 2.45) is 0 Å². The maximum atomic E-state index is 5.38. The summed E-state index contributed by atoms with van der Waals surface area (Å²) < 4.78 is 13.0. The molecule has 16 heavy (non-hydrogen) atoms. The zero-order valence-corrected chi connectivity index (χ0v) is 11.1. The quantitative estimate of drug-likeness (QED) is 0.773. The van der Waals surface area contributed by atoms with Crippen molar-refractivity contribution < 1.29 is 9.47 Å². The van der Waals surface area contributed by atoms with E-state index in [-0.39, 0.29) is 5.60 Å². The van der Waals surface area contributed by atoms with Crippen molar-refractivity contribution in [1.29, 1.82) is 0 Å². The van der Waals surface area contributed by atoms with E-state index >= 15 is 0 Å². The molecule has 0 unspecified atom stereocenters. The summed E-state index contributed by atoms with van der Waals surface area (Å²) >= 11 is 5.16. The van der Waals surface area contributed by atoms with Crippen molar-refractivity contribution >= 4 is 12.2 Å². The SMILES string of the molecule is COCCn1c(CC(C)(C)OC)n[nH]c1=S. The lowest BCUT2D eigenvalue weighted by atomic mass is 10.1. The van der Waals surface area contributed by atoms with Gasteiger partial charge in [0.05, 0.1) is 12.2 Å². The Morgan fingerprint density at radius 1 is 1.44 bits per heavy atom. The van der Waals surface area contributed by atoms with Gasteiger partial charge in [-0.05, 0) is 26.1 Å². The van der Waals surface area contributed by atoms with E-state index in [0.29, 0.717) is 24.3 Å². The van der Waals surface area contributed by atoms with Crippen LogP contribution in [0.1, 0.15) is 19.7 Å². The molecule has 92 valence electrons. The van der Waals surface area contributed by atoms with Crippen molar-refractivity contribution in [2.45, 2.75) is 32.4 Å². The highest BCUT2D eigenvalue weighted by Crippen LogP contribution is 2.14. The number of methoxy groups -OCH3 is 2. The molecule has 5 nitrogen and oxygen atoms in total. The van der Waals surface area contributed by atoms with Gasteiger partial charge in [0, 0.05) is 27.2 Å². The zero-order valence-electron chi connectivity index (χ0n) is 10.2. The first-order chi connectivity index (χ1) is 7.50. The van der Waals surface area contributed by atoms with Crippen LogP contribution >= 0.6 is 12.2 Å². The predicted molar refractivity (Wildman–Crippen MR) is 64.1 cm³/mol. The number of aromatic amines is 1. The third-order valence-electron chi connectivity index (χ3n) is 2.49. The Morgan fingerprint density at radius 3 is 2.69 bits per heavy atom. The van der Waals surface area contributed by atoms with Crippen LogP contribution in [0.25, 0.3) is 0 Å². The molecule has 0 atom stereocenters. The van der Waals surface area contributed by atoms with Crippen molar-refractivity contribution in [3.8, 4) is 0 Å². The number of hydrogen-bond acceptors (Lipinski definition) is 4. The third kappa shape index (κ3) is 3.40. The number of H-pyrrole nitrogens is 1. The minimum atomic E-state index is -0.244. The molecular formula is C10H19N3O2S. The van der Waals surface area contributed by atoms with Crippen LogP contribution in [0, 0.1) is 4.77 Å². The van der Waals surface area contributed by atoms with Gasteiger partial charge in [0.1, 0.15) is 5.82 Å². The second-order valence-electron chi connectivity index (χ2n) is 4.23. The minimum Gasteiger partial charge on any atom is -0.383 e. The molecule has 6 heteroatoms. The highest BCUT2D eigenvalue weighted by Gasteiger charge is 2.20. The largest absolute Gasteiger partial charge is 0.383 e. The molecule has 0 fully saturated rings. The van der Waals surface area contributed by atoms with Crippen molar-refractivity contribution in [1.82, 2.24) is 14.8 Å². The first-order valence-corrected chi connectivity index (χ1v) is 5.59. The summed E-state index contributed by atoms with van der Waals surface area (Å²) in [5.74, 6) is 0.897. The highest BCUT2D eigenvalue weighted by molar-refractivity contribution is 7.71. The summed E-state index contributed by atoms with van der Waals surface area (Å²) in [6.07, 6.45) is 0.709. The normalized spacial score (nSPS) is 12.0. The summed E-state index contributed by atoms with van der Waals surface area (Å²) in [4.78, 5) is 0. The fraction of sp³-hybridized carbons (Fsp3) is 0.800. The fourth-order valence-corrected chi connectivity index (χ4v) is 1.59. The number of hydrogen-bond donors (Lipinski definition) is 1. The van der Waals surface area contributed by atoms with Crippen LogP contribution < -0.4 is 0 Å². The third-order valence-corrected chi connectivity index (χ3v) is 2.80. The van der Waals surface area contributed by atoms with Gasteiger partial charge in [-0.15, -0.1) is 0 Å². The first kappa shape index (κ1) is 13.3. The average molecular weight is 245 g/mol. The molecule has 1 heterocycles. The summed E-state index contributed by atoms with van der Waals surface area (Å²) in [5, 5.41) is 7.01. The average Bonchev–Trinajstić information content (AvgIpc) is 2.57. The van der Waals surface area contributed by atoms with Crippen LogP contribution in [0.5, 0.6) is 0 Å². The van der Waals surface area contributed by atoms with Gasteiger partial charge < -0.3 is 14.0 Å². The monoisotopic (exact) mass is 245 g/mol. The molecule has 1 N–H and O–H groups in total. The molecule has 1 rings (SSSR count). The van der Waals surface area contributed by atoms with Crippen LogP contribution in [-0.2, 0) is 22.4 Å². The number of nitrogens with zero attached hydrogens (tertiary/aromatic N) is 2. The Bertz CT molecular complexity index is 384. The van der Waals surface area contributed by atoms with Gasteiger partial charge in [0.2, 0.25) is 0 Å². The smallest absolute Gasteiger partial charge is 0.195 e. The number of nitrogens with one attached hydrogen (secondary N) is 1. The molecule has 0 aliphatic carbocycles. The van der Waals surface area contributed by atoms with E-state index in [9.17, 15) is 0 Å². The van der Waals surface area contributed by atoms with Crippen LogP contribution in [0.15, 0.2) is 0 Å². The van der Waals surface area contributed by atoms with Crippen LogP contribution in [0.3, 0.4) is 0 Å². The maximum Gasteiger partial charge on any atom is 0.195 e. The molecule has 0 saturated heterocycles. The number of aromatic nitrogens is 3. The van der Waals surface area contributed by atoms with E-state index in [1.165, 1.54) is 0 Å². The molecule has 0 aliphatic rings. The van der Waals surface area contributed by atoms with Crippen LogP contribution in [0.4, 0.5) is 0 Å². The molecule has 0 radical (unpaired) electrons. The molecule has 0 aliphatic heterocycles. The Balaban J connectivity index is 2.84. The molecule has 0 spiro atoms. The Morgan fingerprint density at radius 2 is 2.12 bits per heavy atom. The fourth-order valence-electron chi connectivity index (χ4n) is 1.35. The molecular weight excluding hydrogens is 226 g/mol. The second-order valence-corrected chi connectivity index (χ2v) is 4.62. The van der Waals surface area contributed by atoms with E-state index in [1.807, 2.05) is 18.4 Å². The Hall–Kier alpha value is -0.720. The summed E-state index contributed by atoms with van der Waals surface area (Å²) in [7, 11) is 3.36. The van der Waals surface area contributed by atoms with E-state index in [2.05, 4.69) is 10.2 Å². The van der Waals surface area contributed by atoms with Gasteiger partial charge in [-0.25, -0.2) is 0 Å². The van der Waals surface area contributed by atoms with Gasteiger partial charge in [0.25, 0.3) is 0 Å². The summed E-state index contributed by atoms with van der Waals surface area (Å²) in [6.45, 7) is 5.37. The van der Waals surface area contributed by atoms with E-state index < -0.39 is 0 Å². The van der Waals surface area contributed by atoms with Crippen molar-refractivity contribution in [3.63, 3.8) is 0 Å². The first-order valence-electron chi connectivity index (χ1n) is 5.18. The molecule has 0 amide bonds. The zero-order chi connectivity index (χ0) is 12.2. The number of ether oxygens (including phenoxy) is 2. The van der Waals surface area contributed by atoms with E-state index in [1.54, 1.807) is 14.2 Å². The molecule has 0 aromatic carbocycles. The van der Waals surface area contributed by atoms with Crippen molar-refractivity contribution in [2.75, 3.05) is 20.8 Å².